The Morgan fingerprint density at radius 3 is 1.94 bits per heavy atom. The lowest BCUT2D eigenvalue weighted by Gasteiger charge is -2.35. The van der Waals surface area contributed by atoms with E-state index >= 15 is 0 Å². The molecule has 2 rings (SSSR count). The molecule has 0 aromatic heterocycles. The zero-order valence-corrected chi connectivity index (χ0v) is 30.7. The average molecular weight is 681 g/mol. The molecule has 0 heterocycles. The molecule has 0 saturated carbocycles. The van der Waals surface area contributed by atoms with Gasteiger partial charge in [0.25, 0.3) is 0 Å². The van der Waals surface area contributed by atoms with Gasteiger partial charge < -0.3 is 30.7 Å². The predicted molar refractivity (Wildman–Crippen MR) is 189 cm³/mol. The molecule has 11 nitrogen and oxygen atoms in total. The number of aryl methyl sites for hydroxylation is 2. The van der Waals surface area contributed by atoms with Crippen LogP contribution in [0, 0.1) is 13.8 Å². The molecule has 2 aromatic carbocycles. The Hall–Kier alpha value is -4.41. The summed E-state index contributed by atoms with van der Waals surface area (Å²) in [5.74, 6) is -2.43. The molecule has 4 amide bonds. The van der Waals surface area contributed by atoms with Crippen molar-refractivity contribution in [3.8, 4) is 0 Å². The molecule has 0 spiro atoms. The van der Waals surface area contributed by atoms with Gasteiger partial charge in [-0.3, -0.25) is 14.4 Å². The van der Waals surface area contributed by atoms with Gasteiger partial charge in [-0.2, -0.15) is 0 Å². The number of rotatable bonds is 16. The van der Waals surface area contributed by atoms with E-state index in [-0.39, 0.29) is 25.8 Å². The smallest absolute Gasteiger partial charge is 0.408 e. The fourth-order valence-corrected chi connectivity index (χ4v) is 5.40. The van der Waals surface area contributed by atoms with Gasteiger partial charge in [0.2, 0.25) is 17.7 Å². The van der Waals surface area contributed by atoms with Crippen molar-refractivity contribution in [3.05, 3.63) is 70.8 Å². The number of amides is 4. The van der Waals surface area contributed by atoms with Crippen molar-refractivity contribution in [2.45, 2.75) is 130 Å². The second kappa shape index (κ2) is 18.4. The number of benzene rings is 2. The summed E-state index contributed by atoms with van der Waals surface area (Å²) in [6, 6.07) is 11.4. The maximum atomic E-state index is 14.6. The van der Waals surface area contributed by atoms with Gasteiger partial charge in [-0.15, -0.1) is 0 Å². The normalized spacial score (nSPS) is 13.4. The van der Waals surface area contributed by atoms with E-state index in [0.717, 1.165) is 29.5 Å². The molecular formula is C38H56N4O7. The summed E-state index contributed by atoms with van der Waals surface area (Å²) in [7, 11) is 0. The zero-order chi connectivity index (χ0) is 36.9. The van der Waals surface area contributed by atoms with Crippen LogP contribution >= 0.6 is 0 Å². The highest BCUT2D eigenvalue weighted by Crippen LogP contribution is 2.27. The number of ether oxygens (including phenoxy) is 2. The lowest BCUT2D eigenvalue weighted by molar-refractivity contribution is -0.159. The number of nitrogens with one attached hydrogen (secondary N) is 2. The molecule has 0 radical (unpaired) electrons. The number of esters is 1. The molecule has 2 aromatic rings. The predicted octanol–water partition coefficient (Wildman–Crippen LogP) is 5.59. The minimum atomic E-state index is -1.23. The third kappa shape index (κ3) is 14.7. The zero-order valence-electron chi connectivity index (χ0n) is 30.7. The van der Waals surface area contributed by atoms with Crippen LogP contribution in [0.4, 0.5) is 4.79 Å². The largest absolute Gasteiger partial charge is 0.458 e. The molecule has 0 bridgehead atoms. The molecule has 0 aliphatic carbocycles. The topological polar surface area (TPSA) is 157 Å². The monoisotopic (exact) mass is 680 g/mol. The molecule has 3 unspecified atom stereocenters. The van der Waals surface area contributed by atoms with Crippen LogP contribution in [0.15, 0.2) is 48.5 Å². The number of carbonyl (C=O) groups excluding carboxylic acids is 5. The number of nitrogens with two attached hydrogens (primary N) is 1. The Kier molecular flexibility index (Phi) is 15.3. The van der Waals surface area contributed by atoms with Crippen LogP contribution in [0.5, 0.6) is 0 Å². The van der Waals surface area contributed by atoms with E-state index in [1.807, 2.05) is 69.3 Å². The first-order valence-electron chi connectivity index (χ1n) is 17.0. The first-order chi connectivity index (χ1) is 22.8. The molecule has 11 heteroatoms. The van der Waals surface area contributed by atoms with Crippen molar-refractivity contribution in [1.82, 2.24) is 15.5 Å². The van der Waals surface area contributed by atoms with Gasteiger partial charge in [-0.05, 0) is 79.4 Å². The van der Waals surface area contributed by atoms with Crippen LogP contribution in [-0.2, 0) is 35.1 Å². The Balaban J connectivity index is 2.68. The lowest BCUT2D eigenvalue weighted by atomic mass is 9.96. The molecule has 0 fully saturated rings. The first kappa shape index (κ1) is 40.8. The van der Waals surface area contributed by atoms with E-state index < -0.39 is 59.1 Å². The van der Waals surface area contributed by atoms with Crippen molar-refractivity contribution >= 4 is 29.8 Å². The quantitative estimate of drug-likeness (QED) is 0.154. The van der Waals surface area contributed by atoms with Crippen LogP contribution in [0.3, 0.4) is 0 Å². The summed E-state index contributed by atoms with van der Waals surface area (Å²) in [6.07, 6.45) is 1.20. The molecule has 49 heavy (non-hydrogen) atoms. The van der Waals surface area contributed by atoms with E-state index in [9.17, 15) is 24.0 Å². The van der Waals surface area contributed by atoms with Crippen molar-refractivity contribution in [1.29, 1.82) is 0 Å². The van der Waals surface area contributed by atoms with Crippen molar-refractivity contribution < 1.29 is 33.4 Å². The summed E-state index contributed by atoms with van der Waals surface area (Å²) in [5.41, 5.74) is 6.89. The van der Waals surface area contributed by atoms with Gasteiger partial charge in [0.1, 0.15) is 29.3 Å². The van der Waals surface area contributed by atoms with Crippen LogP contribution in [0.2, 0.25) is 0 Å². The van der Waals surface area contributed by atoms with Crippen molar-refractivity contribution in [3.63, 3.8) is 0 Å². The fourth-order valence-electron chi connectivity index (χ4n) is 5.40. The minimum Gasteiger partial charge on any atom is -0.458 e. The third-order valence-electron chi connectivity index (χ3n) is 7.36. The standard InChI is InChI=1S/C38H56N4O7/c1-10-11-15-20-42(34(45)29(18-19-31(39)43)41-36(47)49-38(7,8)9)32(28-22-25(2)21-26(3)23-28)33(44)40-30(35(46)48-37(4,5)6)24-27-16-13-12-14-17-27/h12-14,16-17,21-23,29-30,32H,10-11,15,18-20,24H2,1-9H3,(H2,39,43)(H,40,44)(H,41,47). The van der Waals surface area contributed by atoms with E-state index in [0.29, 0.717) is 12.0 Å². The van der Waals surface area contributed by atoms with E-state index in [2.05, 4.69) is 10.6 Å². The van der Waals surface area contributed by atoms with Crippen molar-refractivity contribution in [2.24, 2.45) is 5.73 Å². The summed E-state index contributed by atoms with van der Waals surface area (Å²) in [4.78, 5) is 68.9. The number of carbonyl (C=O) groups is 5. The summed E-state index contributed by atoms with van der Waals surface area (Å²) < 4.78 is 11.2. The summed E-state index contributed by atoms with van der Waals surface area (Å²) in [5, 5.41) is 5.54. The van der Waals surface area contributed by atoms with Crippen LogP contribution in [-0.4, -0.2) is 64.5 Å². The van der Waals surface area contributed by atoms with Gasteiger partial charge in [0.15, 0.2) is 0 Å². The van der Waals surface area contributed by atoms with Crippen molar-refractivity contribution in [2.75, 3.05) is 6.54 Å². The number of unbranched alkanes of at least 4 members (excludes halogenated alkanes) is 2. The van der Waals surface area contributed by atoms with E-state index in [1.54, 1.807) is 41.5 Å². The Labute approximate surface area is 291 Å². The van der Waals surface area contributed by atoms with E-state index in [1.165, 1.54) is 4.90 Å². The molecule has 0 aliphatic heterocycles. The number of hydrogen-bond acceptors (Lipinski definition) is 7. The number of alkyl carbamates (subject to hydrolysis) is 1. The molecule has 270 valence electrons. The highest BCUT2D eigenvalue weighted by molar-refractivity contribution is 5.94. The molecular weight excluding hydrogens is 624 g/mol. The van der Waals surface area contributed by atoms with Gasteiger partial charge in [-0.25, -0.2) is 9.59 Å². The SMILES string of the molecule is CCCCCN(C(=O)C(CCC(N)=O)NC(=O)OC(C)(C)C)C(C(=O)NC(Cc1ccccc1)C(=O)OC(C)(C)C)c1cc(C)cc(C)c1. The highest BCUT2D eigenvalue weighted by atomic mass is 16.6. The molecule has 0 aliphatic rings. The van der Waals surface area contributed by atoms with Gasteiger partial charge >= 0.3 is 12.1 Å². The molecule has 3 atom stereocenters. The highest BCUT2D eigenvalue weighted by Gasteiger charge is 2.38. The third-order valence-corrected chi connectivity index (χ3v) is 7.36. The average Bonchev–Trinajstić information content (AvgIpc) is 2.96. The maximum Gasteiger partial charge on any atom is 0.408 e. The maximum absolute atomic E-state index is 14.6. The van der Waals surface area contributed by atoms with Crippen LogP contribution in [0.1, 0.15) is 109 Å². The fraction of sp³-hybridized carbons (Fsp3) is 0.553. The summed E-state index contributed by atoms with van der Waals surface area (Å²) >= 11 is 0. The first-order valence-corrected chi connectivity index (χ1v) is 17.0. The second-order valence-corrected chi connectivity index (χ2v) is 14.6. The second-order valence-electron chi connectivity index (χ2n) is 14.6. The molecule has 4 N–H and O–H groups in total. The lowest BCUT2D eigenvalue weighted by Crippen LogP contribution is -2.55. The van der Waals surface area contributed by atoms with E-state index in [4.69, 9.17) is 15.2 Å². The number of hydrogen-bond donors (Lipinski definition) is 3. The van der Waals surface area contributed by atoms with Crippen LogP contribution in [0.25, 0.3) is 0 Å². The van der Waals surface area contributed by atoms with Gasteiger partial charge in [-0.1, -0.05) is 79.4 Å². The molecule has 0 saturated heterocycles. The van der Waals surface area contributed by atoms with Gasteiger partial charge in [0, 0.05) is 19.4 Å². The van der Waals surface area contributed by atoms with Crippen LogP contribution < -0.4 is 16.4 Å². The Bertz CT molecular complexity index is 1410. The van der Waals surface area contributed by atoms with Gasteiger partial charge in [0.05, 0.1) is 0 Å². The minimum absolute atomic E-state index is 0.104. The Morgan fingerprint density at radius 1 is 0.816 bits per heavy atom. The summed E-state index contributed by atoms with van der Waals surface area (Å²) in [6.45, 7) is 16.3. The number of primary amides is 1. The Morgan fingerprint density at radius 2 is 1.41 bits per heavy atom. The number of nitrogens with zero attached hydrogens (tertiary/aromatic N) is 1.